The number of likely N-dealkylation sites (tertiary alicyclic amines) is 1. The molecule has 3 rings (SSSR count). The largest absolute Gasteiger partial charge is 0.341 e. The fourth-order valence-electron chi connectivity index (χ4n) is 4.07. The van der Waals surface area contributed by atoms with Crippen LogP contribution in [-0.2, 0) is 11.3 Å². The Morgan fingerprint density at radius 2 is 1.55 bits per heavy atom. The van der Waals surface area contributed by atoms with Gasteiger partial charge in [0.25, 0.3) is 18.2 Å². The van der Waals surface area contributed by atoms with E-state index in [2.05, 4.69) is 39.5 Å². The molecular weight excluding hydrogens is 496 g/mol. The van der Waals surface area contributed by atoms with Gasteiger partial charge in [0.05, 0.1) is 0 Å². The molecular formula is C27H31F2N5O4. The molecule has 202 valence electrons. The van der Waals surface area contributed by atoms with Crippen molar-refractivity contribution in [1.29, 1.82) is 0 Å². The molecule has 0 aromatic heterocycles. The van der Waals surface area contributed by atoms with E-state index in [1.54, 1.807) is 12.1 Å². The first-order chi connectivity index (χ1) is 18.2. The summed E-state index contributed by atoms with van der Waals surface area (Å²) in [7, 11) is 1.20. The Kier molecular flexibility index (Phi) is 9.76. The van der Waals surface area contributed by atoms with Crippen molar-refractivity contribution in [2.24, 2.45) is 0 Å². The Balaban J connectivity index is 1.69. The van der Waals surface area contributed by atoms with Gasteiger partial charge in [-0.15, -0.1) is 0 Å². The number of hydrogen-bond donors (Lipinski definition) is 5. The van der Waals surface area contributed by atoms with Gasteiger partial charge in [-0.3, -0.25) is 19.7 Å². The van der Waals surface area contributed by atoms with E-state index in [-0.39, 0.29) is 5.56 Å². The highest BCUT2D eigenvalue weighted by Crippen LogP contribution is 2.21. The van der Waals surface area contributed by atoms with Gasteiger partial charge in [0, 0.05) is 30.3 Å². The van der Waals surface area contributed by atoms with Gasteiger partial charge in [-0.1, -0.05) is 24.0 Å². The molecule has 0 bridgehead atoms. The van der Waals surface area contributed by atoms with Gasteiger partial charge in [-0.2, -0.15) is 0 Å². The maximum absolute atomic E-state index is 13.9. The maximum atomic E-state index is 13.9. The number of hydrogen-bond acceptors (Lipinski definition) is 5. The lowest BCUT2D eigenvalue weighted by atomic mass is 9.91. The summed E-state index contributed by atoms with van der Waals surface area (Å²) >= 11 is 0. The molecule has 11 heteroatoms. The van der Waals surface area contributed by atoms with Crippen molar-refractivity contribution < 1.29 is 28.4 Å². The van der Waals surface area contributed by atoms with Crippen LogP contribution in [0.15, 0.2) is 48.5 Å². The SMILES string of the molecule is CNC(=O)NC(C)(C(F)F)[C@H](NC(=O)c1ccc(C#Cc2ccc(CN3CCCC3)cc2)cc1)C(=O)NO. The van der Waals surface area contributed by atoms with Crippen LogP contribution >= 0.6 is 0 Å². The first kappa shape index (κ1) is 28.6. The van der Waals surface area contributed by atoms with Gasteiger partial charge in [0.2, 0.25) is 0 Å². The molecule has 1 fully saturated rings. The summed E-state index contributed by atoms with van der Waals surface area (Å²) in [4.78, 5) is 39.1. The van der Waals surface area contributed by atoms with E-state index in [4.69, 9.17) is 5.21 Å². The van der Waals surface area contributed by atoms with Crippen LogP contribution in [0.4, 0.5) is 13.6 Å². The maximum Gasteiger partial charge on any atom is 0.315 e. The van der Waals surface area contributed by atoms with Gasteiger partial charge < -0.3 is 16.0 Å². The zero-order valence-corrected chi connectivity index (χ0v) is 21.2. The van der Waals surface area contributed by atoms with Crippen molar-refractivity contribution in [3.05, 3.63) is 70.8 Å². The smallest absolute Gasteiger partial charge is 0.315 e. The van der Waals surface area contributed by atoms with Crippen LogP contribution in [0.3, 0.4) is 0 Å². The third-order valence-electron chi connectivity index (χ3n) is 6.37. The van der Waals surface area contributed by atoms with Crippen LogP contribution in [0, 0.1) is 11.8 Å². The Morgan fingerprint density at radius 1 is 1.00 bits per heavy atom. The van der Waals surface area contributed by atoms with Gasteiger partial charge >= 0.3 is 6.03 Å². The summed E-state index contributed by atoms with van der Waals surface area (Å²) in [5.74, 6) is 3.89. The molecule has 5 N–H and O–H groups in total. The molecule has 38 heavy (non-hydrogen) atoms. The van der Waals surface area contributed by atoms with E-state index in [0.717, 1.165) is 32.1 Å². The number of alkyl halides is 2. The van der Waals surface area contributed by atoms with Gasteiger partial charge in [-0.05, 0) is 74.8 Å². The average molecular weight is 528 g/mol. The summed E-state index contributed by atoms with van der Waals surface area (Å²) in [6.45, 7) is 4.06. The van der Waals surface area contributed by atoms with Crippen molar-refractivity contribution in [1.82, 2.24) is 26.3 Å². The summed E-state index contributed by atoms with van der Waals surface area (Å²) in [6.07, 6.45) is -0.784. The Labute approximate surface area is 219 Å². The molecule has 1 saturated heterocycles. The lowest BCUT2D eigenvalue weighted by Gasteiger charge is -2.36. The van der Waals surface area contributed by atoms with Crippen molar-refractivity contribution in [2.45, 2.75) is 44.3 Å². The number of carbonyl (C=O) groups excluding carboxylic acids is 3. The van der Waals surface area contributed by atoms with Gasteiger partial charge in [-0.25, -0.2) is 19.1 Å². The summed E-state index contributed by atoms with van der Waals surface area (Å²) < 4.78 is 27.8. The summed E-state index contributed by atoms with van der Waals surface area (Å²) in [5, 5.41) is 15.3. The molecule has 2 aromatic carbocycles. The van der Waals surface area contributed by atoms with Crippen LogP contribution in [0.2, 0.25) is 0 Å². The highest BCUT2D eigenvalue weighted by molar-refractivity contribution is 5.98. The molecule has 2 atom stereocenters. The predicted octanol–water partition coefficient (Wildman–Crippen LogP) is 2.24. The van der Waals surface area contributed by atoms with Crippen molar-refractivity contribution in [3.8, 4) is 11.8 Å². The summed E-state index contributed by atoms with van der Waals surface area (Å²) in [6, 6.07) is 11.1. The number of nitrogens with zero attached hydrogens (tertiary/aromatic N) is 1. The number of amides is 4. The number of halogens is 2. The first-order valence-corrected chi connectivity index (χ1v) is 12.1. The lowest BCUT2D eigenvalue weighted by molar-refractivity contribution is -0.135. The highest BCUT2D eigenvalue weighted by Gasteiger charge is 2.48. The Bertz CT molecular complexity index is 1190. The second kappa shape index (κ2) is 13.0. The molecule has 1 aliphatic heterocycles. The van der Waals surface area contributed by atoms with E-state index >= 15 is 0 Å². The standard InChI is InChI=1S/C27H31F2N5O4/c1-27(25(28)29,32-26(37)30-2)22(24(36)33-38)31-23(35)21-13-11-19(12-14-21)6-5-18-7-9-20(10-8-18)17-34-15-3-4-16-34/h7-14,22,25,38H,3-4,15-17H2,1-2H3,(H,31,35)(H,33,36)(H2,30,32,37)/t22-,27?/m1/s1. The fourth-order valence-corrected chi connectivity index (χ4v) is 4.07. The minimum Gasteiger partial charge on any atom is -0.341 e. The molecule has 9 nitrogen and oxygen atoms in total. The topological polar surface area (TPSA) is 123 Å². The van der Waals surface area contributed by atoms with E-state index in [0.29, 0.717) is 5.56 Å². The normalized spacial score (nSPS) is 15.5. The number of hydroxylamine groups is 1. The minimum atomic E-state index is -3.27. The highest BCUT2D eigenvalue weighted by atomic mass is 19.3. The molecule has 1 heterocycles. The zero-order valence-electron chi connectivity index (χ0n) is 21.2. The van der Waals surface area contributed by atoms with Gasteiger partial charge in [0.1, 0.15) is 11.6 Å². The van der Waals surface area contributed by atoms with E-state index in [1.165, 1.54) is 43.1 Å². The molecule has 0 aliphatic carbocycles. The minimum absolute atomic E-state index is 0.0640. The van der Waals surface area contributed by atoms with Crippen molar-refractivity contribution >= 4 is 17.8 Å². The predicted molar refractivity (Wildman–Crippen MR) is 137 cm³/mol. The second-order valence-corrected chi connectivity index (χ2v) is 9.18. The van der Waals surface area contributed by atoms with E-state index in [9.17, 15) is 23.2 Å². The number of carbonyl (C=O) groups is 3. The molecule has 1 unspecified atom stereocenters. The Morgan fingerprint density at radius 3 is 2.05 bits per heavy atom. The average Bonchev–Trinajstić information content (AvgIpc) is 3.43. The molecule has 4 amide bonds. The molecule has 0 spiro atoms. The van der Waals surface area contributed by atoms with Crippen LogP contribution < -0.4 is 21.4 Å². The molecule has 2 aromatic rings. The van der Waals surface area contributed by atoms with Crippen molar-refractivity contribution in [3.63, 3.8) is 0 Å². The number of urea groups is 1. The number of rotatable bonds is 8. The lowest BCUT2D eigenvalue weighted by Crippen LogP contribution is -2.69. The summed E-state index contributed by atoms with van der Waals surface area (Å²) in [5.41, 5.74) is 1.48. The third kappa shape index (κ3) is 7.27. The van der Waals surface area contributed by atoms with Crippen LogP contribution in [0.1, 0.15) is 46.8 Å². The van der Waals surface area contributed by atoms with Crippen molar-refractivity contribution in [2.75, 3.05) is 20.1 Å². The van der Waals surface area contributed by atoms with Gasteiger partial charge in [0.15, 0.2) is 0 Å². The van der Waals surface area contributed by atoms with Crippen LogP contribution in [0.5, 0.6) is 0 Å². The molecule has 1 aliphatic rings. The van der Waals surface area contributed by atoms with E-state index in [1.807, 2.05) is 17.4 Å². The molecule has 0 radical (unpaired) electrons. The fraction of sp³-hybridized carbons (Fsp3) is 0.370. The first-order valence-electron chi connectivity index (χ1n) is 12.1. The zero-order chi connectivity index (χ0) is 27.7. The second-order valence-electron chi connectivity index (χ2n) is 9.18. The van der Waals surface area contributed by atoms with Crippen LogP contribution in [0.25, 0.3) is 0 Å². The number of benzene rings is 2. The quantitative estimate of drug-likeness (QED) is 0.205. The van der Waals surface area contributed by atoms with E-state index < -0.39 is 35.9 Å². The molecule has 0 saturated carbocycles. The third-order valence-corrected chi connectivity index (χ3v) is 6.37. The monoisotopic (exact) mass is 527 g/mol. The van der Waals surface area contributed by atoms with Crippen LogP contribution in [-0.4, -0.2) is 66.1 Å². The number of nitrogens with one attached hydrogen (secondary N) is 4. The Hall–Kier alpha value is -4.01.